The Labute approximate surface area is 81.9 Å². The summed E-state index contributed by atoms with van der Waals surface area (Å²) in [5.41, 5.74) is 0.0899. The first-order valence-electron chi connectivity index (χ1n) is 4.38. The van der Waals surface area contributed by atoms with Crippen LogP contribution in [0.5, 0.6) is 11.6 Å². The topological polar surface area (TPSA) is 48.4 Å². The Morgan fingerprint density at radius 3 is 3.07 bits per heavy atom. The van der Waals surface area contributed by atoms with Gasteiger partial charge in [0.05, 0.1) is 5.56 Å². The van der Waals surface area contributed by atoms with Crippen LogP contribution < -0.4 is 9.47 Å². The van der Waals surface area contributed by atoms with Crippen LogP contribution in [0.2, 0.25) is 0 Å². The van der Waals surface area contributed by atoms with Crippen molar-refractivity contribution in [1.82, 2.24) is 4.98 Å². The maximum absolute atomic E-state index is 10.7. The van der Waals surface area contributed by atoms with Crippen LogP contribution in [0.4, 0.5) is 0 Å². The van der Waals surface area contributed by atoms with Crippen molar-refractivity contribution in [3.8, 4) is 11.6 Å². The van der Waals surface area contributed by atoms with E-state index in [2.05, 4.69) is 4.98 Å². The Bertz CT molecular complexity index is 374. The highest BCUT2D eigenvalue weighted by atomic mass is 16.6. The lowest BCUT2D eigenvalue weighted by Crippen LogP contribution is -2.39. The zero-order chi connectivity index (χ0) is 10.2. The van der Waals surface area contributed by atoms with E-state index < -0.39 is 0 Å². The lowest BCUT2D eigenvalue weighted by Gasteiger charge is -2.31. The van der Waals surface area contributed by atoms with Crippen LogP contribution in [0.15, 0.2) is 12.3 Å². The van der Waals surface area contributed by atoms with E-state index in [1.54, 1.807) is 6.07 Å². The van der Waals surface area contributed by atoms with Gasteiger partial charge in [-0.2, -0.15) is 0 Å². The van der Waals surface area contributed by atoms with E-state index in [1.807, 2.05) is 13.8 Å². The van der Waals surface area contributed by atoms with E-state index in [0.29, 0.717) is 23.8 Å². The second-order valence-electron chi connectivity index (χ2n) is 3.80. The van der Waals surface area contributed by atoms with Gasteiger partial charge >= 0.3 is 0 Å². The minimum Gasteiger partial charge on any atom is -0.483 e. The Hall–Kier alpha value is -1.58. The molecule has 1 aromatic rings. The van der Waals surface area contributed by atoms with Gasteiger partial charge in [-0.1, -0.05) is 0 Å². The van der Waals surface area contributed by atoms with Gasteiger partial charge in [0.1, 0.15) is 12.2 Å². The van der Waals surface area contributed by atoms with Crippen molar-refractivity contribution in [3.63, 3.8) is 0 Å². The fourth-order valence-electron chi connectivity index (χ4n) is 1.29. The number of nitrogens with zero attached hydrogens (tertiary/aromatic N) is 1. The molecule has 0 aromatic carbocycles. The smallest absolute Gasteiger partial charge is 0.258 e. The molecule has 0 N–H and O–H groups in total. The molecule has 4 heteroatoms. The molecule has 0 spiro atoms. The predicted octanol–water partition coefficient (Wildman–Crippen LogP) is 1.44. The summed E-state index contributed by atoms with van der Waals surface area (Å²) in [7, 11) is 0. The lowest BCUT2D eigenvalue weighted by molar-refractivity contribution is 0.0157. The third-order valence-electron chi connectivity index (χ3n) is 1.97. The van der Waals surface area contributed by atoms with E-state index in [-0.39, 0.29) is 5.60 Å². The lowest BCUT2D eigenvalue weighted by atomic mass is 10.1. The van der Waals surface area contributed by atoms with Gasteiger partial charge in [0.2, 0.25) is 0 Å². The standard InChI is InChI=1S/C10H11NO3/c1-10(2)6-13-8-7(5-12)3-4-11-9(8)14-10/h3-5H,6H2,1-2H3. The summed E-state index contributed by atoms with van der Waals surface area (Å²) >= 11 is 0. The molecule has 0 radical (unpaired) electrons. The third-order valence-corrected chi connectivity index (χ3v) is 1.97. The molecular formula is C10H11NO3. The SMILES string of the molecule is CC1(C)COc2c(C=O)ccnc2O1. The van der Waals surface area contributed by atoms with Crippen LogP contribution >= 0.6 is 0 Å². The first-order chi connectivity index (χ1) is 6.62. The van der Waals surface area contributed by atoms with Crippen molar-refractivity contribution < 1.29 is 14.3 Å². The monoisotopic (exact) mass is 193 g/mol. The third kappa shape index (κ3) is 1.43. The Morgan fingerprint density at radius 1 is 1.57 bits per heavy atom. The van der Waals surface area contributed by atoms with E-state index in [4.69, 9.17) is 9.47 Å². The molecule has 0 unspecified atom stereocenters. The minimum atomic E-state index is -0.387. The molecule has 1 aliphatic rings. The number of aldehydes is 1. The number of fused-ring (bicyclic) bond motifs is 1. The van der Waals surface area contributed by atoms with Crippen molar-refractivity contribution in [2.45, 2.75) is 19.4 Å². The molecule has 2 heterocycles. The molecule has 0 bridgehead atoms. The molecule has 2 rings (SSSR count). The van der Waals surface area contributed by atoms with Gasteiger partial charge < -0.3 is 9.47 Å². The molecule has 0 saturated carbocycles. The number of rotatable bonds is 1. The van der Waals surface area contributed by atoms with Crippen LogP contribution in [-0.2, 0) is 0 Å². The van der Waals surface area contributed by atoms with Crippen molar-refractivity contribution in [2.24, 2.45) is 0 Å². The summed E-state index contributed by atoms with van der Waals surface area (Å²) in [5, 5.41) is 0. The fourth-order valence-corrected chi connectivity index (χ4v) is 1.29. The Balaban J connectivity index is 2.45. The van der Waals surface area contributed by atoms with Gasteiger partial charge in [0.15, 0.2) is 12.0 Å². The van der Waals surface area contributed by atoms with Crippen molar-refractivity contribution in [1.29, 1.82) is 0 Å². The second kappa shape index (κ2) is 2.97. The van der Waals surface area contributed by atoms with Crippen LogP contribution in [0.1, 0.15) is 24.2 Å². The number of carbonyl (C=O) groups excluding carboxylic acids is 1. The van der Waals surface area contributed by atoms with E-state index in [1.165, 1.54) is 6.20 Å². The highest BCUT2D eigenvalue weighted by Crippen LogP contribution is 2.34. The van der Waals surface area contributed by atoms with Crippen molar-refractivity contribution >= 4 is 6.29 Å². The molecular weight excluding hydrogens is 182 g/mol. The van der Waals surface area contributed by atoms with Gasteiger partial charge in [-0.25, -0.2) is 4.98 Å². The summed E-state index contributed by atoms with van der Waals surface area (Å²) in [4.78, 5) is 14.7. The molecule has 0 atom stereocenters. The maximum atomic E-state index is 10.7. The molecule has 1 aromatic heterocycles. The van der Waals surface area contributed by atoms with Crippen LogP contribution in [0.3, 0.4) is 0 Å². The van der Waals surface area contributed by atoms with Crippen LogP contribution in [0, 0.1) is 0 Å². The quantitative estimate of drug-likeness (QED) is 0.633. The molecule has 1 aliphatic heterocycles. The first kappa shape index (κ1) is 8.99. The number of hydrogen-bond acceptors (Lipinski definition) is 4. The molecule has 14 heavy (non-hydrogen) atoms. The fraction of sp³-hybridized carbons (Fsp3) is 0.400. The summed E-state index contributed by atoms with van der Waals surface area (Å²) in [6, 6.07) is 1.60. The normalized spacial score (nSPS) is 17.6. The number of aromatic nitrogens is 1. The summed E-state index contributed by atoms with van der Waals surface area (Å²) in [5.74, 6) is 0.840. The molecule has 4 nitrogen and oxygen atoms in total. The Kier molecular flexibility index (Phi) is 1.91. The van der Waals surface area contributed by atoms with Gasteiger partial charge in [0, 0.05) is 6.20 Å². The zero-order valence-corrected chi connectivity index (χ0v) is 8.11. The Morgan fingerprint density at radius 2 is 2.36 bits per heavy atom. The number of pyridine rings is 1. The van der Waals surface area contributed by atoms with Crippen molar-refractivity contribution in [3.05, 3.63) is 17.8 Å². The summed E-state index contributed by atoms with van der Waals surface area (Å²) < 4.78 is 11.0. The van der Waals surface area contributed by atoms with Gasteiger partial charge in [-0.05, 0) is 19.9 Å². The average molecular weight is 193 g/mol. The highest BCUT2D eigenvalue weighted by Gasteiger charge is 2.30. The van der Waals surface area contributed by atoms with Crippen molar-refractivity contribution in [2.75, 3.05) is 6.61 Å². The predicted molar refractivity (Wildman–Crippen MR) is 49.8 cm³/mol. The highest BCUT2D eigenvalue weighted by molar-refractivity contribution is 5.80. The molecule has 0 saturated heterocycles. The van der Waals surface area contributed by atoms with E-state index in [9.17, 15) is 4.79 Å². The van der Waals surface area contributed by atoms with Crippen LogP contribution in [-0.4, -0.2) is 23.5 Å². The van der Waals surface area contributed by atoms with Crippen LogP contribution in [0.25, 0.3) is 0 Å². The maximum Gasteiger partial charge on any atom is 0.258 e. The molecule has 0 fully saturated rings. The number of carbonyl (C=O) groups is 1. The first-order valence-corrected chi connectivity index (χ1v) is 4.38. The molecule has 0 aliphatic carbocycles. The summed E-state index contributed by atoms with van der Waals surface area (Å²) in [6.45, 7) is 4.24. The molecule has 0 amide bonds. The second-order valence-corrected chi connectivity index (χ2v) is 3.80. The average Bonchev–Trinajstić information content (AvgIpc) is 2.15. The van der Waals surface area contributed by atoms with E-state index in [0.717, 1.165) is 6.29 Å². The molecule has 74 valence electrons. The largest absolute Gasteiger partial charge is 0.483 e. The van der Waals surface area contributed by atoms with Gasteiger partial charge in [0.25, 0.3) is 5.88 Å². The van der Waals surface area contributed by atoms with Gasteiger partial charge in [-0.3, -0.25) is 4.79 Å². The number of ether oxygens (including phenoxy) is 2. The van der Waals surface area contributed by atoms with E-state index >= 15 is 0 Å². The van der Waals surface area contributed by atoms with Gasteiger partial charge in [-0.15, -0.1) is 0 Å². The number of hydrogen-bond donors (Lipinski definition) is 0. The zero-order valence-electron chi connectivity index (χ0n) is 8.11. The minimum absolute atomic E-state index is 0.387. The summed E-state index contributed by atoms with van der Waals surface area (Å²) in [6.07, 6.45) is 2.27.